The molecule has 2 aromatic rings. The fourth-order valence-electron chi connectivity index (χ4n) is 3.98. The van der Waals surface area contributed by atoms with Crippen molar-refractivity contribution in [2.45, 2.75) is 25.3 Å². The van der Waals surface area contributed by atoms with Gasteiger partial charge in [0.15, 0.2) is 5.96 Å². The minimum atomic E-state index is 0. The van der Waals surface area contributed by atoms with E-state index < -0.39 is 0 Å². The van der Waals surface area contributed by atoms with Gasteiger partial charge in [0.1, 0.15) is 5.76 Å². The lowest BCUT2D eigenvalue weighted by Gasteiger charge is -2.25. The summed E-state index contributed by atoms with van der Waals surface area (Å²) >= 11 is 0. The molecule has 0 aliphatic carbocycles. The predicted molar refractivity (Wildman–Crippen MR) is 129 cm³/mol. The Kier molecular flexibility index (Phi) is 8.61. The Morgan fingerprint density at radius 2 is 1.90 bits per heavy atom. The molecule has 1 saturated heterocycles. The van der Waals surface area contributed by atoms with Crippen molar-refractivity contribution in [3.05, 3.63) is 72.2 Å². The fraction of sp³-hybridized carbons (Fsp3) is 0.435. The first-order valence-corrected chi connectivity index (χ1v) is 10.4. The molecule has 29 heavy (non-hydrogen) atoms. The van der Waals surface area contributed by atoms with Gasteiger partial charge in [0.05, 0.1) is 6.26 Å². The number of aliphatic imine (C=N–C) groups is 1. The summed E-state index contributed by atoms with van der Waals surface area (Å²) in [5.41, 5.74) is 1.35. The Bertz CT molecular complexity index is 767. The van der Waals surface area contributed by atoms with E-state index >= 15 is 0 Å². The molecule has 0 saturated carbocycles. The SMILES string of the molecule is C1=CCN(C2CCN(C(=NCCc3ccco3)NCCc3ccccc3)C2)C1.I. The van der Waals surface area contributed by atoms with Crippen LogP contribution in [0.2, 0.25) is 0 Å². The van der Waals surface area contributed by atoms with Gasteiger partial charge in [-0.05, 0) is 30.5 Å². The molecule has 2 aliphatic rings. The topological polar surface area (TPSA) is 44.0 Å². The number of hydrogen-bond acceptors (Lipinski definition) is 3. The molecule has 0 spiro atoms. The fourth-order valence-corrected chi connectivity index (χ4v) is 3.98. The largest absolute Gasteiger partial charge is 0.469 e. The average Bonchev–Trinajstić information content (AvgIpc) is 3.49. The van der Waals surface area contributed by atoms with Gasteiger partial charge in [-0.3, -0.25) is 9.89 Å². The van der Waals surface area contributed by atoms with Gasteiger partial charge in [-0.25, -0.2) is 0 Å². The smallest absolute Gasteiger partial charge is 0.194 e. The van der Waals surface area contributed by atoms with Crippen LogP contribution in [0.25, 0.3) is 0 Å². The van der Waals surface area contributed by atoms with E-state index in [4.69, 9.17) is 9.41 Å². The highest BCUT2D eigenvalue weighted by atomic mass is 127. The molecule has 1 N–H and O–H groups in total. The van der Waals surface area contributed by atoms with Gasteiger partial charge in [0.2, 0.25) is 0 Å². The van der Waals surface area contributed by atoms with Gasteiger partial charge < -0.3 is 14.6 Å². The number of likely N-dealkylation sites (tertiary alicyclic amines) is 1. The molecule has 1 aromatic carbocycles. The number of furan rings is 1. The summed E-state index contributed by atoms with van der Waals surface area (Å²) in [6.07, 6.45) is 9.33. The second-order valence-electron chi connectivity index (χ2n) is 7.51. The molecule has 6 heteroatoms. The molecule has 0 amide bonds. The maximum atomic E-state index is 5.45. The highest BCUT2D eigenvalue weighted by molar-refractivity contribution is 14.0. The van der Waals surface area contributed by atoms with Crippen LogP contribution >= 0.6 is 24.0 Å². The van der Waals surface area contributed by atoms with Crippen LogP contribution in [-0.4, -0.2) is 61.1 Å². The third-order valence-electron chi connectivity index (χ3n) is 5.57. The van der Waals surface area contributed by atoms with E-state index in [0.29, 0.717) is 6.04 Å². The normalized spacial score (nSPS) is 19.5. The number of nitrogens with zero attached hydrogens (tertiary/aromatic N) is 3. The summed E-state index contributed by atoms with van der Waals surface area (Å²) in [5.74, 6) is 2.03. The lowest BCUT2D eigenvalue weighted by molar-refractivity contribution is 0.259. The third kappa shape index (κ3) is 6.34. The number of hydrogen-bond donors (Lipinski definition) is 1. The Morgan fingerprint density at radius 3 is 2.66 bits per heavy atom. The zero-order chi connectivity index (χ0) is 19.0. The van der Waals surface area contributed by atoms with Crippen molar-refractivity contribution < 1.29 is 4.42 Å². The number of nitrogens with one attached hydrogen (secondary N) is 1. The number of halogens is 1. The molecule has 0 radical (unpaired) electrons. The van der Waals surface area contributed by atoms with Gasteiger partial charge >= 0.3 is 0 Å². The summed E-state index contributed by atoms with van der Waals surface area (Å²) in [7, 11) is 0. The monoisotopic (exact) mass is 506 g/mol. The first-order valence-electron chi connectivity index (χ1n) is 10.4. The summed E-state index contributed by atoms with van der Waals surface area (Å²) in [4.78, 5) is 9.90. The van der Waals surface area contributed by atoms with E-state index in [9.17, 15) is 0 Å². The Labute approximate surface area is 190 Å². The second-order valence-corrected chi connectivity index (χ2v) is 7.51. The quantitative estimate of drug-likeness (QED) is 0.270. The molecular weight excluding hydrogens is 475 g/mol. The maximum absolute atomic E-state index is 5.45. The van der Waals surface area contributed by atoms with Crippen molar-refractivity contribution in [2.24, 2.45) is 4.99 Å². The first kappa shape index (κ1) is 21.9. The molecule has 1 unspecified atom stereocenters. The van der Waals surface area contributed by atoms with Crippen molar-refractivity contribution >= 4 is 29.9 Å². The molecule has 3 heterocycles. The summed E-state index contributed by atoms with van der Waals surface area (Å²) < 4.78 is 5.45. The maximum Gasteiger partial charge on any atom is 0.194 e. The van der Waals surface area contributed by atoms with E-state index in [-0.39, 0.29) is 24.0 Å². The third-order valence-corrected chi connectivity index (χ3v) is 5.57. The number of guanidine groups is 1. The van der Waals surface area contributed by atoms with Crippen LogP contribution < -0.4 is 5.32 Å². The molecule has 156 valence electrons. The Morgan fingerprint density at radius 1 is 1.07 bits per heavy atom. The first-order chi connectivity index (χ1) is 13.9. The summed E-state index contributed by atoms with van der Waals surface area (Å²) in [6, 6.07) is 15.2. The van der Waals surface area contributed by atoms with Crippen LogP contribution in [0.3, 0.4) is 0 Å². The molecular formula is C23H31IN4O. The van der Waals surface area contributed by atoms with Crippen molar-refractivity contribution in [3.8, 4) is 0 Å². The predicted octanol–water partition coefficient (Wildman–Crippen LogP) is 3.57. The van der Waals surface area contributed by atoms with Crippen molar-refractivity contribution in [2.75, 3.05) is 39.3 Å². The molecule has 4 rings (SSSR count). The van der Waals surface area contributed by atoms with Gasteiger partial charge in [0, 0.05) is 51.7 Å². The number of benzene rings is 1. The molecule has 2 aliphatic heterocycles. The van der Waals surface area contributed by atoms with Crippen LogP contribution in [0.15, 0.2) is 70.3 Å². The van der Waals surface area contributed by atoms with Gasteiger partial charge in [-0.1, -0.05) is 42.5 Å². The van der Waals surface area contributed by atoms with Crippen molar-refractivity contribution in [3.63, 3.8) is 0 Å². The standard InChI is InChI=1S/C23H30N4O.HI/c1-2-7-20(8-3-1)10-13-24-23(25-14-11-22-9-6-18-28-22)27-17-12-21(19-27)26-15-4-5-16-26;/h1-9,18,21H,10-17,19H2,(H,24,25);1H. The van der Waals surface area contributed by atoms with E-state index in [2.05, 4.69) is 57.6 Å². The van der Waals surface area contributed by atoms with Gasteiger partial charge in [0.25, 0.3) is 0 Å². The van der Waals surface area contributed by atoms with Crippen LogP contribution in [0.5, 0.6) is 0 Å². The van der Waals surface area contributed by atoms with E-state index in [1.165, 1.54) is 12.0 Å². The van der Waals surface area contributed by atoms with Crippen LogP contribution in [-0.2, 0) is 12.8 Å². The van der Waals surface area contributed by atoms with Crippen LogP contribution in [0.1, 0.15) is 17.7 Å². The van der Waals surface area contributed by atoms with Gasteiger partial charge in [-0.15, -0.1) is 24.0 Å². The average molecular weight is 506 g/mol. The minimum absolute atomic E-state index is 0. The molecule has 5 nitrogen and oxygen atoms in total. The number of rotatable bonds is 7. The van der Waals surface area contributed by atoms with Crippen molar-refractivity contribution in [1.82, 2.24) is 15.1 Å². The molecule has 1 aromatic heterocycles. The Balaban J connectivity index is 0.00000240. The Hall–Kier alpha value is -1.80. The molecule has 1 fully saturated rings. The van der Waals surface area contributed by atoms with E-state index in [0.717, 1.165) is 63.8 Å². The highest BCUT2D eigenvalue weighted by Crippen LogP contribution is 2.18. The van der Waals surface area contributed by atoms with E-state index in [1.807, 2.05) is 12.1 Å². The highest BCUT2D eigenvalue weighted by Gasteiger charge is 2.29. The van der Waals surface area contributed by atoms with Crippen molar-refractivity contribution in [1.29, 1.82) is 0 Å². The van der Waals surface area contributed by atoms with Crippen LogP contribution in [0, 0.1) is 0 Å². The zero-order valence-electron chi connectivity index (χ0n) is 16.9. The molecule has 1 atom stereocenters. The van der Waals surface area contributed by atoms with Gasteiger partial charge in [-0.2, -0.15) is 0 Å². The summed E-state index contributed by atoms with van der Waals surface area (Å²) in [6.45, 7) is 5.94. The lowest BCUT2D eigenvalue weighted by atomic mass is 10.1. The lowest BCUT2D eigenvalue weighted by Crippen LogP contribution is -2.43. The molecule has 0 bridgehead atoms. The second kappa shape index (κ2) is 11.4. The summed E-state index contributed by atoms with van der Waals surface area (Å²) in [5, 5.41) is 3.61. The van der Waals surface area contributed by atoms with Crippen LogP contribution in [0.4, 0.5) is 0 Å². The minimum Gasteiger partial charge on any atom is -0.469 e. The zero-order valence-corrected chi connectivity index (χ0v) is 19.2. The van der Waals surface area contributed by atoms with E-state index in [1.54, 1.807) is 6.26 Å².